The zero-order valence-electron chi connectivity index (χ0n) is 10.3. The van der Waals surface area contributed by atoms with E-state index in [0.29, 0.717) is 17.7 Å². The van der Waals surface area contributed by atoms with Gasteiger partial charge in [0.1, 0.15) is 11.6 Å². The van der Waals surface area contributed by atoms with Crippen molar-refractivity contribution in [2.45, 2.75) is 67.3 Å². The summed E-state index contributed by atoms with van der Waals surface area (Å²) in [6.07, 6.45) is 7.84. The molecule has 4 nitrogen and oxygen atoms in total. The van der Waals surface area contributed by atoms with Gasteiger partial charge in [-0.2, -0.15) is 0 Å². The second-order valence-electron chi connectivity index (χ2n) is 5.68. The van der Waals surface area contributed by atoms with E-state index in [2.05, 4.69) is 14.8 Å². The Morgan fingerprint density at radius 2 is 1.94 bits per heavy atom. The molecule has 3 aliphatic carbocycles. The number of rotatable bonds is 4. The van der Waals surface area contributed by atoms with E-state index in [1.807, 2.05) is 0 Å². The first-order valence-corrected chi connectivity index (χ1v) is 7.85. The quantitative estimate of drug-likeness (QED) is 0.838. The van der Waals surface area contributed by atoms with Crippen LogP contribution in [0.25, 0.3) is 0 Å². The summed E-state index contributed by atoms with van der Waals surface area (Å²) >= 11 is 1.66. The SMILES string of the molecule is O=C1CCCC1Sc1nnc(C2CC2)n1C1CC1. The van der Waals surface area contributed by atoms with Gasteiger partial charge in [-0.05, 0) is 38.5 Å². The molecule has 0 aromatic carbocycles. The Bertz CT molecular complexity index is 490. The molecule has 96 valence electrons. The summed E-state index contributed by atoms with van der Waals surface area (Å²) < 4.78 is 2.34. The second-order valence-corrected chi connectivity index (χ2v) is 6.85. The van der Waals surface area contributed by atoms with Crippen molar-refractivity contribution in [2.24, 2.45) is 0 Å². The van der Waals surface area contributed by atoms with Crippen molar-refractivity contribution in [3.63, 3.8) is 0 Å². The molecule has 5 heteroatoms. The van der Waals surface area contributed by atoms with Gasteiger partial charge in [0.25, 0.3) is 0 Å². The smallest absolute Gasteiger partial charge is 0.192 e. The van der Waals surface area contributed by atoms with Crippen molar-refractivity contribution in [3.8, 4) is 0 Å². The number of aromatic nitrogens is 3. The lowest BCUT2D eigenvalue weighted by molar-refractivity contribution is -0.116. The summed E-state index contributed by atoms with van der Waals surface area (Å²) in [5.41, 5.74) is 0. The number of ketones is 1. The monoisotopic (exact) mass is 263 g/mol. The molecule has 1 atom stereocenters. The zero-order valence-corrected chi connectivity index (χ0v) is 11.2. The lowest BCUT2D eigenvalue weighted by atomic mass is 10.3. The molecule has 4 rings (SSSR count). The molecule has 3 aliphatic rings. The number of carbonyl (C=O) groups is 1. The Morgan fingerprint density at radius 1 is 1.11 bits per heavy atom. The van der Waals surface area contributed by atoms with Crippen LogP contribution in [0.3, 0.4) is 0 Å². The van der Waals surface area contributed by atoms with Gasteiger partial charge in [0.05, 0.1) is 5.25 Å². The first kappa shape index (κ1) is 11.0. The average Bonchev–Trinajstić information content (AvgIpc) is 3.28. The molecule has 0 N–H and O–H groups in total. The molecule has 3 fully saturated rings. The molecular formula is C13H17N3OS. The number of carbonyl (C=O) groups excluding carboxylic acids is 1. The summed E-state index contributed by atoms with van der Waals surface area (Å²) in [7, 11) is 0. The van der Waals surface area contributed by atoms with Gasteiger partial charge in [-0.25, -0.2) is 0 Å². The third-order valence-electron chi connectivity index (χ3n) is 4.04. The molecule has 18 heavy (non-hydrogen) atoms. The van der Waals surface area contributed by atoms with Gasteiger partial charge in [0, 0.05) is 18.4 Å². The maximum Gasteiger partial charge on any atom is 0.192 e. The molecule has 0 saturated heterocycles. The summed E-state index contributed by atoms with van der Waals surface area (Å²) in [6, 6.07) is 0.620. The number of hydrogen-bond donors (Lipinski definition) is 0. The van der Waals surface area contributed by atoms with E-state index in [9.17, 15) is 4.79 Å². The zero-order chi connectivity index (χ0) is 12.1. The molecule has 0 bridgehead atoms. The van der Waals surface area contributed by atoms with Crippen LogP contribution in [-0.4, -0.2) is 25.8 Å². The molecular weight excluding hydrogens is 246 g/mol. The van der Waals surface area contributed by atoms with Gasteiger partial charge in [-0.15, -0.1) is 10.2 Å². The van der Waals surface area contributed by atoms with Crippen molar-refractivity contribution in [1.82, 2.24) is 14.8 Å². The van der Waals surface area contributed by atoms with Crippen LogP contribution in [-0.2, 0) is 4.79 Å². The molecule has 1 unspecified atom stereocenters. The van der Waals surface area contributed by atoms with Crippen LogP contribution in [0.15, 0.2) is 5.16 Å². The largest absolute Gasteiger partial charge is 0.303 e. The predicted molar refractivity (Wildman–Crippen MR) is 68.8 cm³/mol. The van der Waals surface area contributed by atoms with E-state index in [0.717, 1.165) is 24.4 Å². The Labute approximate surface area is 111 Å². The van der Waals surface area contributed by atoms with Crippen LogP contribution in [0.1, 0.15) is 62.7 Å². The molecule has 0 aliphatic heterocycles. The van der Waals surface area contributed by atoms with E-state index >= 15 is 0 Å². The van der Waals surface area contributed by atoms with Crippen LogP contribution in [0.2, 0.25) is 0 Å². The minimum absolute atomic E-state index is 0.138. The fourth-order valence-corrected chi connectivity index (χ4v) is 3.93. The lowest BCUT2D eigenvalue weighted by Crippen LogP contribution is -2.10. The van der Waals surface area contributed by atoms with Gasteiger partial charge in [-0.3, -0.25) is 4.79 Å². The van der Waals surface area contributed by atoms with E-state index in [-0.39, 0.29) is 5.25 Å². The van der Waals surface area contributed by atoms with Crippen LogP contribution in [0.4, 0.5) is 0 Å². The Kier molecular flexibility index (Phi) is 2.50. The summed E-state index contributed by atoms with van der Waals surface area (Å²) in [4.78, 5) is 11.8. The topological polar surface area (TPSA) is 47.8 Å². The first-order chi connectivity index (χ1) is 8.83. The standard InChI is InChI=1S/C13H17N3OS/c17-10-2-1-3-11(10)18-13-15-14-12(8-4-5-8)16(13)9-6-7-9/h8-9,11H,1-7H2. The van der Waals surface area contributed by atoms with E-state index in [1.165, 1.54) is 31.5 Å². The average molecular weight is 263 g/mol. The summed E-state index contributed by atoms with van der Waals surface area (Å²) in [6.45, 7) is 0. The van der Waals surface area contributed by atoms with Crippen molar-refractivity contribution in [3.05, 3.63) is 5.82 Å². The number of Topliss-reactive ketones (excluding diaryl/α,β-unsaturated/α-hetero) is 1. The summed E-state index contributed by atoms with van der Waals surface area (Å²) in [5, 5.41) is 9.89. The molecule has 1 aromatic heterocycles. The van der Waals surface area contributed by atoms with Crippen molar-refractivity contribution >= 4 is 17.5 Å². The Balaban J connectivity index is 1.61. The molecule has 0 radical (unpaired) electrons. The van der Waals surface area contributed by atoms with Gasteiger partial charge in [-0.1, -0.05) is 11.8 Å². The molecule has 0 amide bonds. The van der Waals surface area contributed by atoms with E-state index < -0.39 is 0 Å². The van der Waals surface area contributed by atoms with Crippen molar-refractivity contribution < 1.29 is 4.79 Å². The minimum Gasteiger partial charge on any atom is -0.303 e. The number of hydrogen-bond acceptors (Lipinski definition) is 4. The van der Waals surface area contributed by atoms with Gasteiger partial charge in [0.2, 0.25) is 0 Å². The highest BCUT2D eigenvalue weighted by Crippen LogP contribution is 2.46. The van der Waals surface area contributed by atoms with Crippen LogP contribution in [0.5, 0.6) is 0 Å². The fourth-order valence-electron chi connectivity index (χ4n) is 2.70. The highest BCUT2D eigenvalue weighted by atomic mass is 32.2. The van der Waals surface area contributed by atoms with Crippen LogP contribution < -0.4 is 0 Å². The van der Waals surface area contributed by atoms with Crippen LogP contribution in [0, 0.1) is 0 Å². The maximum atomic E-state index is 11.8. The van der Waals surface area contributed by atoms with Gasteiger partial charge < -0.3 is 4.57 Å². The third-order valence-corrected chi connectivity index (χ3v) is 5.31. The van der Waals surface area contributed by atoms with Crippen LogP contribution >= 0.6 is 11.8 Å². The number of nitrogens with zero attached hydrogens (tertiary/aromatic N) is 3. The third kappa shape index (κ3) is 1.88. The van der Waals surface area contributed by atoms with Crippen molar-refractivity contribution in [1.29, 1.82) is 0 Å². The lowest BCUT2D eigenvalue weighted by Gasteiger charge is -2.10. The first-order valence-electron chi connectivity index (χ1n) is 6.97. The van der Waals surface area contributed by atoms with E-state index in [4.69, 9.17) is 0 Å². The summed E-state index contributed by atoms with van der Waals surface area (Å²) in [5.74, 6) is 2.23. The van der Waals surface area contributed by atoms with Crippen molar-refractivity contribution in [2.75, 3.05) is 0 Å². The molecule has 1 heterocycles. The number of thioether (sulfide) groups is 1. The Morgan fingerprint density at radius 3 is 2.56 bits per heavy atom. The maximum absolute atomic E-state index is 11.8. The highest BCUT2D eigenvalue weighted by molar-refractivity contribution is 8.00. The molecule has 0 spiro atoms. The normalized spacial score (nSPS) is 28.0. The Hall–Kier alpha value is -0.840. The second kappa shape index (κ2) is 4.08. The van der Waals surface area contributed by atoms with E-state index in [1.54, 1.807) is 11.8 Å². The minimum atomic E-state index is 0.138. The molecule has 1 aromatic rings. The highest BCUT2D eigenvalue weighted by Gasteiger charge is 2.37. The fraction of sp³-hybridized carbons (Fsp3) is 0.769. The molecule has 3 saturated carbocycles. The predicted octanol–water partition coefficient (Wildman–Crippen LogP) is 2.70. The van der Waals surface area contributed by atoms with Gasteiger partial charge in [0.15, 0.2) is 5.16 Å². The van der Waals surface area contributed by atoms with Gasteiger partial charge >= 0.3 is 0 Å².